The number of para-hydroxylation sites is 1. The van der Waals surface area contributed by atoms with Crippen molar-refractivity contribution in [3.05, 3.63) is 36.5 Å². The molecule has 0 radical (unpaired) electrons. The molecule has 2 fully saturated rings. The SMILES string of the molecule is CC[C@H]1CN(C(=O)Cn2ccc3ccccc32)C[C@@H]1N1CCOCC1. The maximum Gasteiger partial charge on any atom is 0.242 e. The molecule has 1 aromatic carbocycles. The van der Waals surface area contributed by atoms with Crippen molar-refractivity contribution in [2.45, 2.75) is 25.9 Å². The van der Waals surface area contributed by atoms with Gasteiger partial charge in [0.2, 0.25) is 5.91 Å². The van der Waals surface area contributed by atoms with E-state index < -0.39 is 0 Å². The molecular formula is C20H27N3O2. The Morgan fingerprint density at radius 3 is 2.76 bits per heavy atom. The van der Waals surface area contributed by atoms with Gasteiger partial charge in [0.15, 0.2) is 0 Å². The third kappa shape index (κ3) is 3.31. The van der Waals surface area contributed by atoms with Gasteiger partial charge in [0.05, 0.1) is 13.2 Å². The molecule has 0 saturated carbocycles. The maximum atomic E-state index is 12.9. The quantitative estimate of drug-likeness (QED) is 0.856. The fourth-order valence-electron chi connectivity index (χ4n) is 4.31. The third-order valence-electron chi connectivity index (χ3n) is 5.78. The minimum absolute atomic E-state index is 0.232. The molecule has 0 unspecified atom stereocenters. The molecule has 5 nitrogen and oxygen atoms in total. The van der Waals surface area contributed by atoms with Crippen LogP contribution in [0.4, 0.5) is 0 Å². The molecule has 2 saturated heterocycles. The number of carbonyl (C=O) groups is 1. The molecule has 0 N–H and O–H groups in total. The molecule has 2 aromatic rings. The van der Waals surface area contributed by atoms with Gasteiger partial charge in [0.25, 0.3) is 0 Å². The van der Waals surface area contributed by atoms with Gasteiger partial charge >= 0.3 is 0 Å². The number of hydrogen-bond acceptors (Lipinski definition) is 3. The summed E-state index contributed by atoms with van der Waals surface area (Å²) in [6.45, 7) is 8.03. The summed E-state index contributed by atoms with van der Waals surface area (Å²) in [6.07, 6.45) is 3.15. The van der Waals surface area contributed by atoms with Crippen molar-refractivity contribution in [3.8, 4) is 0 Å². The largest absolute Gasteiger partial charge is 0.379 e. The second-order valence-corrected chi connectivity index (χ2v) is 7.19. The zero-order valence-electron chi connectivity index (χ0n) is 14.9. The molecule has 2 aliphatic rings. The Morgan fingerprint density at radius 2 is 1.96 bits per heavy atom. The summed E-state index contributed by atoms with van der Waals surface area (Å²) in [5.41, 5.74) is 1.13. The predicted molar refractivity (Wildman–Crippen MR) is 98.5 cm³/mol. The van der Waals surface area contributed by atoms with Gasteiger partial charge in [-0.05, 0) is 23.4 Å². The van der Waals surface area contributed by atoms with Crippen LogP contribution >= 0.6 is 0 Å². The van der Waals surface area contributed by atoms with E-state index in [1.807, 2.05) is 18.3 Å². The Bertz CT molecular complexity index is 735. The van der Waals surface area contributed by atoms with Crippen LogP contribution in [0.2, 0.25) is 0 Å². The van der Waals surface area contributed by atoms with E-state index in [0.717, 1.165) is 51.3 Å². The molecular weight excluding hydrogens is 314 g/mol. The molecule has 25 heavy (non-hydrogen) atoms. The molecule has 0 spiro atoms. The zero-order chi connectivity index (χ0) is 17.2. The number of ether oxygens (including phenoxy) is 1. The van der Waals surface area contributed by atoms with Crippen LogP contribution in [-0.2, 0) is 16.1 Å². The average Bonchev–Trinajstić information content (AvgIpc) is 3.27. The first-order chi connectivity index (χ1) is 12.3. The summed E-state index contributed by atoms with van der Waals surface area (Å²) in [5, 5.41) is 1.19. The van der Waals surface area contributed by atoms with Crippen LogP contribution < -0.4 is 0 Å². The fourth-order valence-corrected chi connectivity index (χ4v) is 4.31. The first-order valence-corrected chi connectivity index (χ1v) is 9.39. The normalized spacial score (nSPS) is 24.9. The summed E-state index contributed by atoms with van der Waals surface area (Å²) in [6, 6.07) is 10.8. The van der Waals surface area contributed by atoms with Gasteiger partial charge in [-0.3, -0.25) is 9.69 Å². The lowest BCUT2D eigenvalue weighted by Crippen LogP contribution is -2.47. The average molecular weight is 341 g/mol. The summed E-state index contributed by atoms with van der Waals surface area (Å²) in [4.78, 5) is 17.5. The zero-order valence-corrected chi connectivity index (χ0v) is 14.9. The Labute approximate surface area is 149 Å². The minimum Gasteiger partial charge on any atom is -0.379 e. The van der Waals surface area contributed by atoms with Crippen molar-refractivity contribution in [1.29, 1.82) is 0 Å². The molecule has 4 rings (SSSR count). The molecule has 0 bridgehead atoms. The van der Waals surface area contributed by atoms with E-state index in [1.54, 1.807) is 0 Å². The highest BCUT2D eigenvalue weighted by Gasteiger charge is 2.37. The van der Waals surface area contributed by atoms with E-state index in [4.69, 9.17) is 4.74 Å². The number of morpholine rings is 1. The molecule has 2 atom stereocenters. The smallest absolute Gasteiger partial charge is 0.242 e. The van der Waals surface area contributed by atoms with Crippen LogP contribution in [0.25, 0.3) is 10.9 Å². The van der Waals surface area contributed by atoms with E-state index in [9.17, 15) is 4.79 Å². The van der Waals surface area contributed by atoms with Gasteiger partial charge in [0.1, 0.15) is 6.54 Å². The van der Waals surface area contributed by atoms with Gasteiger partial charge in [-0.25, -0.2) is 0 Å². The highest BCUT2D eigenvalue weighted by atomic mass is 16.5. The fraction of sp³-hybridized carbons (Fsp3) is 0.550. The van der Waals surface area contributed by atoms with Crippen molar-refractivity contribution >= 4 is 16.8 Å². The second-order valence-electron chi connectivity index (χ2n) is 7.19. The molecule has 0 aliphatic carbocycles. The van der Waals surface area contributed by atoms with E-state index in [0.29, 0.717) is 18.5 Å². The van der Waals surface area contributed by atoms with Gasteiger partial charge < -0.3 is 14.2 Å². The van der Waals surface area contributed by atoms with Gasteiger partial charge in [0, 0.05) is 43.9 Å². The number of rotatable bonds is 4. The van der Waals surface area contributed by atoms with E-state index in [2.05, 4.69) is 39.5 Å². The van der Waals surface area contributed by atoms with Crippen LogP contribution in [0.5, 0.6) is 0 Å². The number of carbonyl (C=O) groups excluding carboxylic acids is 1. The van der Waals surface area contributed by atoms with Crippen LogP contribution in [0.15, 0.2) is 36.5 Å². The lowest BCUT2D eigenvalue weighted by Gasteiger charge is -2.34. The van der Waals surface area contributed by atoms with Crippen molar-refractivity contribution in [2.75, 3.05) is 39.4 Å². The summed E-state index contributed by atoms with van der Waals surface area (Å²) < 4.78 is 7.56. The van der Waals surface area contributed by atoms with Crippen LogP contribution in [0.3, 0.4) is 0 Å². The Kier molecular flexibility index (Phi) is 4.77. The highest BCUT2D eigenvalue weighted by Crippen LogP contribution is 2.26. The molecule has 5 heteroatoms. The van der Waals surface area contributed by atoms with Crippen molar-refractivity contribution in [2.24, 2.45) is 5.92 Å². The molecule has 1 aromatic heterocycles. The number of fused-ring (bicyclic) bond motifs is 1. The molecule has 3 heterocycles. The standard InChI is InChI=1S/C20H27N3O2/c1-2-16-13-23(14-19(16)21-9-11-25-12-10-21)20(24)15-22-8-7-17-5-3-4-6-18(17)22/h3-8,16,19H,2,9-15H2,1H3/t16-,19-/m0/s1. The van der Waals surface area contributed by atoms with Gasteiger partial charge in [-0.15, -0.1) is 0 Å². The van der Waals surface area contributed by atoms with Crippen LogP contribution in [0.1, 0.15) is 13.3 Å². The minimum atomic E-state index is 0.232. The van der Waals surface area contributed by atoms with Crippen molar-refractivity contribution in [1.82, 2.24) is 14.4 Å². The highest BCUT2D eigenvalue weighted by molar-refractivity contribution is 5.83. The number of amides is 1. The second kappa shape index (κ2) is 7.18. The van der Waals surface area contributed by atoms with Crippen molar-refractivity contribution < 1.29 is 9.53 Å². The lowest BCUT2D eigenvalue weighted by molar-refractivity contribution is -0.131. The topological polar surface area (TPSA) is 37.7 Å². The van der Waals surface area contributed by atoms with E-state index in [1.165, 1.54) is 5.39 Å². The number of nitrogens with zero attached hydrogens (tertiary/aromatic N) is 3. The van der Waals surface area contributed by atoms with E-state index >= 15 is 0 Å². The summed E-state index contributed by atoms with van der Waals surface area (Å²) >= 11 is 0. The number of aromatic nitrogens is 1. The summed E-state index contributed by atoms with van der Waals surface area (Å²) in [5.74, 6) is 0.805. The first-order valence-electron chi connectivity index (χ1n) is 9.39. The Hall–Kier alpha value is -1.85. The van der Waals surface area contributed by atoms with Crippen molar-refractivity contribution in [3.63, 3.8) is 0 Å². The number of hydrogen-bond donors (Lipinski definition) is 0. The third-order valence-corrected chi connectivity index (χ3v) is 5.78. The van der Waals surface area contributed by atoms with Gasteiger partial charge in [-0.1, -0.05) is 31.5 Å². The number of benzene rings is 1. The molecule has 1 amide bonds. The van der Waals surface area contributed by atoms with Gasteiger partial charge in [-0.2, -0.15) is 0 Å². The Balaban J connectivity index is 1.45. The molecule has 2 aliphatic heterocycles. The van der Waals surface area contributed by atoms with Crippen LogP contribution in [0, 0.1) is 5.92 Å². The number of likely N-dealkylation sites (tertiary alicyclic amines) is 1. The summed E-state index contributed by atoms with van der Waals surface area (Å²) in [7, 11) is 0. The first kappa shape index (κ1) is 16.6. The van der Waals surface area contributed by atoms with Crippen LogP contribution in [-0.4, -0.2) is 65.7 Å². The van der Waals surface area contributed by atoms with E-state index in [-0.39, 0.29) is 5.91 Å². The Morgan fingerprint density at radius 1 is 1.16 bits per heavy atom. The molecule has 134 valence electrons. The lowest BCUT2D eigenvalue weighted by atomic mass is 9.99. The monoisotopic (exact) mass is 341 g/mol. The predicted octanol–water partition coefficient (Wildman–Crippen LogP) is 2.21. The maximum absolute atomic E-state index is 12.9.